The molecule has 32 heavy (non-hydrogen) atoms. The van der Waals surface area contributed by atoms with Crippen molar-refractivity contribution in [1.82, 2.24) is 9.80 Å². The number of nitrogens with zero attached hydrogens (tertiary/aromatic N) is 4. The molecule has 1 saturated carbocycles. The van der Waals surface area contributed by atoms with Gasteiger partial charge < -0.3 is 14.9 Å². The molecule has 5 rings (SSSR count). The lowest BCUT2D eigenvalue weighted by Gasteiger charge is -2.42. The fourth-order valence-corrected chi connectivity index (χ4v) is 4.56. The van der Waals surface area contributed by atoms with Crippen LogP contribution >= 0.6 is 0 Å². The molecule has 0 unspecified atom stereocenters. The van der Waals surface area contributed by atoms with Gasteiger partial charge in [-0.25, -0.2) is 0 Å². The van der Waals surface area contributed by atoms with Crippen molar-refractivity contribution in [3.63, 3.8) is 0 Å². The first kappa shape index (κ1) is 20.4. The van der Waals surface area contributed by atoms with Crippen LogP contribution < -0.4 is 10.6 Å². The van der Waals surface area contributed by atoms with Crippen molar-refractivity contribution in [1.29, 1.82) is 5.26 Å². The smallest absolute Gasteiger partial charge is 0.254 e. The monoisotopic (exact) mass is 428 g/mol. The molecule has 2 heterocycles. The number of fused-ring (bicyclic) bond motifs is 1. The van der Waals surface area contributed by atoms with Gasteiger partial charge in [-0.3, -0.25) is 14.6 Å². The summed E-state index contributed by atoms with van der Waals surface area (Å²) < 4.78 is 0. The summed E-state index contributed by atoms with van der Waals surface area (Å²) in [5, 5.41) is 21.3. The highest BCUT2D eigenvalue weighted by atomic mass is 16.3. The van der Waals surface area contributed by atoms with Crippen LogP contribution in [-0.4, -0.2) is 65.0 Å². The van der Waals surface area contributed by atoms with E-state index in [0.29, 0.717) is 56.7 Å². The Labute approximate surface area is 185 Å². The Bertz CT molecular complexity index is 1250. The minimum absolute atomic E-state index is 0.0566. The molecule has 2 fully saturated rings. The molecule has 2 amide bonds. The standard InChI is InChI=1S/C25H24N4O3/c26-15-20-16-27-22-7-6-19(14-21(20)22)17-2-4-18(5-3-17)23(30)28-10-12-29(13-11-28)24(31)25(32)8-1-9-25/h2-7,14,32H,1,8-13,16H2. The van der Waals surface area contributed by atoms with Crippen LogP contribution in [0.4, 0.5) is 0 Å². The Morgan fingerprint density at radius 1 is 0.969 bits per heavy atom. The SMILES string of the molecule is N#CC1=c2cc(-c3ccc(C(=O)N4CCN(C(=O)C5(O)CCC5)CC4)cc3)ccc2=NC1. The molecule has 0 atom stereocenters. The lowest BCUT2D eigenvalue weighted by Crippen LogP contribution is -2.58. The second kappa shape index (κ2) is 7.88. The Kier molecular flexibility index (Phi) is 5.03. The van der Waals surface area contributed by atoms with E-state index in [1.807, 2.05) is 42.5 Å². The molecule has 2 aliphatic heterocycles. The predicted octanol–water partition coefficient (Wildman–Crippen LogP) is 0.860. The van der Waals surface area contributed by atoms with E-state index in [4.69, 9.17) is 0 Å². The van der Waals surface area contributed by atoms with Crippen molar-refractivity contribution in [3.8, 4) is 17.2 Å². The molecule has 1 aliphatic carbocycles. The second-order valence-electron chi connectivity index (χ2n) is 8.69. The third-order valence-electron chi connectivity index (χ3n) is 6.76. The highest BCUT2D eigenvalue weighted by Gasteiger charge is 2.45. The van der Waals surface area contributed by atoms with E-state index in [0.717, 1.165) is 28.1 Å². The molecule has 1 saturated heterocycles. The number of rotatable bonds is 3. The number of carbonyl (C=O) groups excluding carboxylic acids is 2. The third kappa shape index (κ3) is 3.47. The summed E-state index contributed by atoms with van der Waals surface area (Å²) in [7, 11) is 0. The van der Waals surface area contributed by atoms with Gasteiger partial charge in [-0.05, 0) is 54.7 Å². The van der Waals surface area contributed by atoms with Crippen molar-refractivity contribution in [2.24, 2.45) is 4.99 Å². The van der Waals surface area contributed by atoms with Crippen molar-refractivity contribution in [2.45, 2.75) is 24.9 Å². The molecule has 0 spiro atoms. The van der Waals surface area contributed by atoms with E-state index >= 15 is 0 Å². The van der Waals surface area contributed by atoms with E-state index in [1.54, 1.807) is 9.80 Å². The van der Waals surface area contributed by atoms with Crippen molar-refractivity contribution < 1.29 is 14.7 Å². The first-order valence-electron chi connectivity index (χ1n) is 11.0. The Morgan fingerprint density at radius 2 is 1.62 bits per heavy atom. The Morgan fingerprint density at radius 3 is 2.25 bits per heavy atom. The lowest BCUT2D eigenvalue weighted by molar-refractivity contribution is -0.161. The highest BCUT2D eigenvalue weighted by Crippen LogP contribution is 2.33. The zero-order valence-corrected chi connectivity index (χ0v) is 17.8. The van der Waals surface area contributed by atoms with E-state index in [1.165, 1.54) is 0 Å². The van der Waals surface area contributed by atoms with Gasteiger partial charge in [0.25, 0.3) is 11.8 Å². The van der Waals surface area contributed by atoms with Gasteiger partial charge in [0, 0.05) is 37.0 Å². The maximum absolute atomic E-state index is 12.9. The second-order valence-corrected chi connectivity index (χ2v) is 8.69. The summed E-state index contributed by atoms with van der Waals surface area (Å²) in [6.45, 7) is 2.25. The molecule has 3 aliphatic rings. The van der Waals surface area contributed by atoms with Crippen LogP contribution in [0.25, 0.3) is 16.7 Å². The third-order valence-corrected chi connectivity index (χ3v) is 6.76. The van der Waals surface area contributed by atoms with E-state index in [9.17, 15) is 20.0 Å². The quantitative estimate of drug-likeness (QED) is 0.784. The van der Waals surface area contributed by atoms with Crippen LogP contribution in [0.2, 0.25) is 0 Å². The number of nitriles is 1. The predicted molar refractivity (Wildman–Crippen MR) is 118 cm³/mol. The van der Waals surface area contributed by atoms with Gasteiger partial charge in [-0.15, -0.1) is 0 Å². The normalized spacial score (nSPS) is 18.9. The number of hydrogen-bond donors (Lipinski definition) is 1. The number of amides is 2. The van der Waals surface area contributed by atoms with Gasteiger partial charge >= 0.3 is 0 Å². The molecule has 2 aromatic rings. The first-order chi connectivity index (χ1) is 15.5. The van der Waals surface area contributed by atoms with E-state index < -0.39 is 5.60 Å². The molecule has 1 N–H and O–H groups in total. The molecule has 0 aromatic heterocycles. The van der Waals surface area contributed by atoms with Crippen molar-refractivity contribution in [3.05, 3.63) is 58.6 Å². The van der Waals surface area contributed by atoms with Gasteiger partial charge in [0.15, 0.2) is 0 Å². The van der Waals surface area contributed by atoms with Gasteiger partial charge in [-0.1, -0.05) is 18.2 Å². The topological polar surface area (TPSA) is 97.0 Å². The van der Waals surface area contributed by atoms with Crippen molar-refractivity contribution in [2.75, 3.05) is 32.7 Å². The Hall–Kier alpha value is -3.50. The minimum atomic E-state index is -1.18. The number of piperazine rings is 1. The van der Waals surface area contributed by atoms with Crippen LogP contribution in [0.15, 0.2) is 47.5 Å². The molecule has 0 radical (unpaired) electrons. The molecule has 7 nitrogen and oxygen atoms in total. The number of carbonyl (C=O) groups is 2. The summed E-state index contributed by atoms with van der Waals surface area (Å²) in [5.74, 6) is -0.252. The van der Waals surface area contributed by atoms with Crippen molar-refractivity contribution >= 4 is 17.4 Å². The van der Waals surface area contributed by atoms with Gasteiger partial charge in [-0.2, -0.15) is 5.26 Å². The summed E-state index contributed by atoms with van der Waals surface area (Å²) in [4.78, 5) is 33.2. The first-order valence-corrected chi connectivity index (χ1v) is 11.0. The minimum Gasteiger partial charge on any atom is -0.380 e. The number of benzene rings is 2. The maximum atomic E-state index is 12.9. The number of aliphatic hydroxyl groups is 1. The van der Waals surface area contributed by atoms with E-state index in [2.05, 4.69) is 11.1 Å². The molecular formula is C25H24N4O3. The molecular weight excluding hydrogens is 404 g/mol. The van der Waals surface area contributed by atoms with Crippen LogP contribution in [-0.2, 0) is 4.79 Å². The largest absolute Gasteiger partial charge is 0.380 e. The Balaban J connectivity index is 1.26. The van der Waals surface area contributed by atoms with E-state index in [-0.39, 0.29) is 11.8 Å². The summed E-state index contributed by atoms with van der Waals surface area (Å²) in [5.41, 5.74) is 2.05. The fraction of sp³-hybridized carbons (Fsp3) is 0.360. The molecule has 162 valence electrons. The molecule has 7 heteroatoms. The molecule has 0 bridgehead atoms. The van der Waals surface area contributed by atoms with Crippen LogP contribution in [0.5, 0.6) is 0 Å². The number of hydrogen-bond acceptors (Lipinski definition) is 5. The van der Waals surface area contributed by atoms with Gasteiger partial charge in [0.1, 0.15) is 5.60 Å². The average molecular weight is 428 g/mol. The molecule has 2 aromatic carbocycles. The zero-order chi connectivity index (χ0) is 22.3. The van der Waals surface area contributed by atoms with Crippen LogP contribution in [0.3, 0.4) is 0 Å². The van der Waals surface area contributed by atoms with Crippen LogP contribution in [0, 0.1) is 11.3 Å². The summed E-state index contributed by atoms with van der Waals surface area (Å²) in [6.07, 6.45) is 1.95. The summed E-state index contributed by atoms with van der Waals surface area (Å²) in [6, 6.07) is 15.6. The van der Waals surface area contributed by atoms with Gasteiger partial charge in [0.05, 0.1) is 23.5 Å². The van der Waals surface area contributed by atoms with Crippen LogP contribution in [0.1, 0.15) is 29.6 Å². The maximum Gasteiger partial charge on any atom is 0.254 e. The highest BCUT2D eigenvalue weighted by molar-refractivity contribution is 5.95. The zero-order valence-electron chi connectivity index (χ0n) is 17.8. The fourth-order valence-electron chi connectivity index (χ4n) is 4.56. The summed E-state index contributed by atoms with van der Waals surface area (Å²) >= 11 is 0. The average Bonchev–Trinajstić information content (AvgIpc) is 3.24. The van der Waals surface area contributed by atoms with Gasteiger partial charge in [0.2, 0.25) is 0 Å². The lowest BCUT2D eigenvalue weighted by atomic mass is 9.79.